The summed E-state index contributed by atoms with van der Waals surface area (Å²) in [5, 5.41) is 5.80. The first-order valence-corrected chi connectivity index (χ1v) is 7.77. The third-order valence-corrected chi connectivity index (χ3v) is 3.95. The van der Waals surface area contributed by atoms with Gasteiger partial charge in [-0.1, -0.05) is 23.7 Å². The SMILES string of the molecule is CN1CCOc2ccc(NC(=O)Nc3ccccc3Cl)cc2C1=O. The number of hydrogen-bond acceptors (Lipinski definition) is 3. The van der Waals surface area contributed by atoms with E-state index in [2.05, 4.69) is 10.6 Å². The Balaban J connectivity index is 1.76. The van der Waals surface area contributed by atoms with E-state index in [1.807, 2.05) is 0 Å². The van der Waals surface area contributed by atoms with Crippen LogP contribution in [0.1, 0.15) is 10.4 Å². The number of nitrogens with one attached hydrogen (secondary N) is 2. The molecule has 0 bridgehead atoms. The van der Waals surface area contributed by atoms with Crippen LogP contribution in [0.5, 0.6) is 5.75 Å². The molecule has 2 aromatic rings. The number of rotatable bonds is 2. The van der Waals surface area contributed by atoms with Crippen molar-refractivity contribution in [3.8, 4) is 5.75 Å². The Morgan fingerprint density at radius 2 is 2.00 bits per heavy atom. The monoisotopic (exact) mass is 345 g/mol. The van der Waals surface area contributed by atoms with Gasteiger partial charge in [0.1, 0.15) is 12.4 Å². The van der Waals surface area contributed by atoms with Gasteiger partial charge in [0.15, 0.2) is 0 Å². The molecule has 124 valence electrons. The van der Waals surface area contributed by atoms with Gasteiger partial charge in [0.2, 0.25) is 0 Å². The molecule has 1 heterocycles. The maximum Gasteiger partial charge on any atom is 0.323 e. The van der Waals surface area contributed by atoms with Crippen LogP contribution in [-0.2, 0) is 0 Å². The highest BCUT2D eigenvalue weighted by molar-refractivity contribution is 6.33. The van der Waals surface area contributed by atoms with E-state index >= 15 is 0 Å². The number of likely N-dealkylation sites (N-methyl/N-ethyl adjacent to an activating group) is 1. The number of hydrogen-bond donors (Lipinski definition) is 2. The smallest absolute Gasteiger partial charge is 0.323 e. The molecule has 0 saturated heterocycles. The number of amides is 3. The summed E-state index contributed by atoms with van der Waals surface area (Å²) < 4.78 is 5.55. The number of ether oxygens (including phenoxy) is 1. The number of carbonyl (C=O) groups excluding carboxylic acids is 2. The Hall–Kier alpha value is -2.73. The molecule has 0 radical (unpaired) electrons. The number of urea groups is 1. The Bertz CT molecular complexity index is 794. The minimum atomic E-state index is -0.446. The van der Waals surface area contributed by atoms with Crippen LogP contribution < -0.4 is 15.4 Å². The highest BCUT2D eigenvalue weighted by Crippen LogP contribution is 2.26. The van der Waals surface area contributed by atoms with Crippen molar-refractivity contribution in [1.82, 2.24) is 4.90 Å². The molecule has 24 heavy (non-hydrogen) atoms. The third-order valence-electron chi connectivity index (χ3n) is 3.62. The van der Waals surface area contributed by atoms with Crippen molar-refractivity contribution in [2.75, 3.05) is 30.8 Å². The van der Waals surface area contributed by atoms with Crippen molar-refractivity contribution in [3.05, 3.63) is 53.1 Å². The average molecular weight is 346 g/mol. The third kappa shape index (κ3) is 3.44. The normalized spacial score (nSPS) is 13.6. The zero-order chi connectivity index (χ0) is 17.1. The molecule has 0 fully saturated rings. The number of para-hydroxylation sites is 1. The number of halogens is 1. The zero-order valence-corrected chi connectivity index (χ0v) is 13.8. The maximum absolute atomic E-state index is 12.3. The number of nitrogens with zero attached hydrogens (tertiary/aromatic N) is 1. The summed E-state index contributed by atoms with van der Waals surface area (Å²) in [5.74, 6) is 0.374. The van der Waals surface area contributed by atoms with Crippen molar-refractivity contribution in [2.45, 2.75) is 0 Å². The molecule has 0 aromatic heterocycles. The van der Waals surface area contributed by atoms with Gasteiger partial charge in [0.05, 0.1) is 22.8 Å². The van der Waals surface area contributed by atoms with Gasteiger partial charge in [-0.05, 0) is 30.3 Å². The van der Waals surface area contributed by atoms with E-state index in [1.54, 1.807) is 54.4 Å². The van der Waals surface area contributed by atoms with Crippen LogP contribution in [0.4, 0.5) is 16.2 Å². The van der Waals surface area contributed by atoms with E-state index in [9.17, 15) is 9.59 Å². The summed E-state index contributed by atoms with van der Waals surface area (Å²) in [6.45, 7) is 0.957. The van der Waals surface area contributed by atoms with Gasteiger partial charge in [-0.25, -0.2) is 4.79 Å². The molecule has 0 atom stereocenters. The zero-order valence-electron chi connectivity index (χ0n) is 13.0. The van der Waals surface area contributed by atoms with Gasteiger partial charge in [0.25, 0.3) is 5.91 Å². The van der Waals surface area contributed by atoms with Gasteiger partial charge < -0.3 is 20.3 Å². The van der Waals surface area contributed by atoms with Gasteiger partial charge in [-0.3, -0.25) is 4.79 Å². The second kappa shape index (κ2) is 6.80. The molecule has 1 aliphatic heterocycles. The van der Waals surface area contributed by atoms with Crippen molar-refractivity contribution < 1.29 is 14.3 Å². The summed E-state index contributed by atoms with van der Waals surface area (Å²) in [6.07, 6.45) is 0. The van der Waals surface area contributed by atoms with Crippen LogP contribution in [0, 0.1) is 0 Å². The molecule has 2 N–H and O–H groups in total. The fourth-order valence-electron chi connectivity index (χ4n) is 2.35. The Kier molecular flexibility index (Phi) is 4.57. The van der Waals surface area contributed by atoms with E-state index in [-0.39, 0.29) is 5.91 Å². The first-order chi connectivity index (χ1) is 11.5. The van der Waals surface area contributed by atoms with E-state index in [1.165, 1.54) is 0 Å². The van der Waals surface area contributed by atoms with E-state index in [0.29, 0.717) is 40.9 Å². The van der Waals surface area contributed by atoms with Crippen molar-refractivity contribution in [2.24, 2.45) is 0 Å². The van der Waals surface area contributed by atoms with Crippen LogP contribution in [0.3, 0.4) is 0 Å². The fourth-order valence-corrected chi connectivity index (χ4v) is 2.53. The van der Waals surface area contributed by atoms with E-state index < -0.39 is 6.03 Å². The Morgan fingerprint density at radius 1 is 1.21 bits per heavy atom. The lowest BCUT2D eigenvalue weighted by Crippen LogP contribution is -2.28. The molecule has 0 spiro atoms. The number of anilines is 2. The lowest BCUT2D eigenvalue weighted by Gasteiger charge is -2.13. The van der Waals surface area contributed by atoms with E-state index in [4.69, 9.17) is 16.3 Å². The molecule has 0 aliphatic carbocycles. The van der Waals surface area contributed by atoms with Crippen molar-refractivity contribution >= 4 is 34.9 Å². The second-order valence-electron chi connectivity index (χ2n) is 5.35. The van der Waals surface area contributed by atoms with Crippen LogP contribution in [0.15, 0.2) is 42.5 Å². The molecule has 2 aromatic carbocycles. The summed E-state index contributed by atoms with van der Waals surface area (Å²) in [6, 6.07) is 11.5. The molecule has 0 saturated carbocycles. The summed E-state index contributed by atoms with van der Waals surface area (Å²) in [4.78, 5) is 26.0. The Morgan fingerprint density at radius 3 is 2.79 bits per heavy atom. The van der Waals surface area contributed by atoms with Crippen LogP contribution in [-0.4, -0.2) is 37.0 Å². The molecule has 3 rings (SSSR count). The van der Waals surface area contributed by atoms with Crippen LogP contribution in [0.2, 0.25) is 5.02 Å². The Labute approximate surface area is 144 Å². The summed E-state index contributed by atoms with van der Waals surface area (Å²) in [5.41, 5.74) is 1.42. The van der Waals surface area contributed by atoms with Crippen LogP contribution >= 0.6 is 11.6 Å². The maximum atomic E-state index is 12.3. The molecule has 7 heteroatoms. The lowest BCUT2D eigenvalue weighted by molar-refractivity contribution is 0.0796. The number of carbonyl (C=O) groups is 2. The standard InChI is InChI=1S/C17H16ClN3O3/c1-21-8-9-24-15-7-6-11(10-12(15)16(21)22)19-17(23)20-14-5-3-2-4-13(14)18/h2-7,10H,8-9H2,1H3,(H2,19,20,23). The largest absolute Gasteiger partial charge is 0.491 e. The topological polar surface area (TPSA) is 70.7 Å². The van der Waals surface area contributed by atoms with Crippen LogP contribution in [0.25, 0.3) is 0 Å². The minimum Gasteiger partial charge on any atom is -0.491 e. The van der Waals surface area contributed by atoms with Gasteiger partial charge in [-0.15, -0.1) is 0 Å². The quantitative estimate of drug-likeness (QED) is 0.875. The van der Waals surface area contributed by atoms with Gasteiger partial charge in [-0.2, -0.15) is 0 Å². The van der Waals surface area contributed by atoms with Gasteiger partial charge >= 0.3 is 6.03 Å². The van der Waals surface area contributed by atoms with Crippen molar-refractivity contribution in [1.29, 1.82) is 0 Å². The number of fused-ring (bicyclic) bond motifs is 1. The molecule has 0 unspecified atom stereocenters. The molecule has 6 nitrogen and oxygen atoms in total. The minimum absolute atomic E-state index is 0.141. The predicted molar refractivity (Wildman–Crippen MR) is 93.0 cm³/mol. The molecular weight excluding hydrogens is 330 g/mol. The fraction of sp³-hybridized carbons (Fsp3) is 0.176. The second-order valence-corrected chi connectivity index (χ2v) is 5.75. The first-order valence-electron chi connectivity index (χ1n) is 7.39. The predicted octanol–water partition coefficient (Wildman–Crippen LogP) is 3.45. The molecule has 3 amide bonds. The highest BCUT2D eigenvalue weighted by atomic mass is 35.5. The summed E-state index contributed by atoms with van der Waals surface area (Å²) in [7, 11) is 1.71. The molecule has 1 aliphatic rings. The van der Waals surface area contributed by atoms with Crippen molar-refractivity contribution in [3.63, 3.8) is 0 Å². The highest BCUT2D eigenvalue weighted by Gasteiger charge is 2.21. The average Bonchev–Trinajstić information content (AvgIpc) is 2.70. The lowest BCUT2D eigenvalue weighted by atomic mass is 10.1. The first kappa shape index (κ1) is 16.1. The molecular formula is C17H16ClN3O3. The van der Waals surface area contributed by atoms with Gasteiger partial charge in [0, 0.05) is 12.7 Å². The summed E-state index contributed by atoms with van der Waals surface area (Å²) >= 11 is 6.01. The van der Waals surface area contributed by atoms with E-state index in [0.717, 1.165) is 0 Å². The number of benzene rings is 2.